The molecule has 0 fully saturated rings. The first kappa shape index (κ1) is 16.9. The summed E-state index contributed by atoms with van der Waals surface area (Å²) in [4.78, 5) is 0. The van der Waals surface area contributed by atoms with Crippen molar-refractivity contribution in [1.29, 1.82) is 0 Å². The van der Waals surface area contributed by atoms with Crippen LogP contribution in [0.4, 0.5) is 0 Å². The number of allylic oxidation sites excluding steroid dienone is 1. The Bertz CT molecular complexity index is 794. The van der Waals surface area contributed by atoms with E-state index < -0.39 is 10.1 Å². The molecule has 3 rings (SSSR count). The van der Waals surface area contributed by atoms with Crippen LogP contribution in [0.5, 0.6) is 0 Å². The Kier molecular flexibility index (Phi) is 4.88. The normalized spacial score (nSPS) is 14.9. The van der Waals surface area contributed by atoms with Crippen molar-refractivity contribution < 1.29 is 12.6 Å². The standard InChI is InChI=1S/C20H22O3S/c1-3-4-9-15(23-24(2,21)22)14-20-18-12-7-5-10-16(18)17-11-6-8-13-19(17)20/h3,5-8,10-13,15,20H,1,4,9,14H2,2H3/t15-/m0/s1. The lowest BCUT2D eigenvalue weighted by Crippen LogP contribution is -2.20. The fourth-order valence-electron chi connectivity index (χ4n) is 3.53. The summed E-state index contributed by atoms with van der Waals surface area (Å²) in [5.41, 5.74) is 4.97. The Morgan fingerprint density at radius 2 is 1.62 bits per heavy atom. The van der Waals surface area contributed by atoms with Gasteiger partial charge in [0.15, 0.2) is 0 Å². The molecule has 0 saturated carbocycles. The van der Waals surface area contributed by atoms with Crippen molar-refractivity contribution in [3.05, 3.63) is 72.3 Å². The molecule has 0 spiro atoms. The average Bonchev–Trinajstić information content (AvgIpc) is 2.86. The van der Waals surface area contributed by atoms with E-state index in [-0.39, 0.29) is 12.0 Å². The lowest BCUT2D eigenvalue weighted by molar-refractivity contribution is 0.186. The van der Waals surface area contributed by atoms with E-state index in [2.05, 4.69) is 30.8 Å². The van der Waals surface area contributed by atoms with Crippen molar-refractivity contribution in [2.24, 2.45) is 0 Å². The van der Waals surface area contributed by atoms with Gasteiger partial charge in [-0.2, -0.15) is 8.42 Å². The monoisotopic (exact) mass is 342 g/mol. The van der Waals surface area contributed by atoms with E-state index in [0.717, 1.165) is 12.7 Å². The predicted octanol–water partition coefficient (Wildman–Crippen LogP) is 4.50. The van der Waals surface area contributed by atoms with E-state index in [1.54, 1.807) is 6.08 Å². The van der Waals surface area contributed by atoms with Crippen molar-refractivity contribution >= 4 is 10.1 Å². The highest BCUT2D eigenvalue weighted by molar-refractivity contribution is 7.86. The Morgan fingerprint density at radius 1 is 1.08 bits per heavy atom. The lowest BCUT2D eigenvalue weighted by atomic mass is 9.90. The summed E-state index contributed by atoms with van der Waals surface area (Å²) in [5.74, 6) is 0.161. The molecule has 1 aliphatic carbocycles. The van der Waals surface area contributed by atoms with E-state index in [1.807, 2.05) is 24.3 Å². The summed E-state index contributed by atoms with van der Waals surface area (Å²) in [6.07, 6.45) is 4.60. The van der Waals surface area contributed by atoms with Crippen molar-refractivity contribution in [3.63, 3.8) is 0 Å². The van der Waals surface area contributed by atoms with Crippen LogP contribution in [0.2, 0.25) is 0 Å². The molecule has 126 valence electrons. The van der Waals surface area contributed by atoms with E-state index in [0.29, 0.717) is 12.8 Å². The molecular formula is C20H22O3S. The summed E-state index contributed by atoms with van der Waals surface area (Å²) in [6.45, 7) is 3.73. The van der Waals surface area contributed by atoms with E-state index in [9.17, 15) is 8.42 Å². The third kappa shape index (κ3) is 3.60. The van der Waals surface area contributed by atoms with Gasteiger partial charge in [-0.15, -0.1) is 6.58 Å². The van der Waals surface area contributed by atoms with Gasteiger partial charge in [0.1, 0.15) is 0 Å². The van der Waals surface area contributed by atoms with Gasteiger partial charge in [0.2, 0.25) is 0 Å². The third-order valence-corrected chi connectivity index (χ3v) is 5.09. The van der Waals surface area contributed by atoms with Crippen LogP contribution in [-0.2, 0) is 14.3 Å². The summed E-state index contributed by atoms with van der Waals surface area (Å²) in [5, 5.41) is 0. The fraction of sp³-hybridized carbons (Fsp3) is 0.300. The Balaban J connectivity index is 1.93. The molecule has 2 aromatic rings. The molecule has 0 aliphatic heterocycles. The summed E-state index contributed by atoms with van der Waals surface area (Å²) >= 11 is 0. The molecule has 3 nitrogen and oxygen atoms in total. The smallest absolute Gasteiger partial charge is 0.264 e. The molecule has 1 atom stereocenters. The second-order valence-electron chi connectivity index (χ2n) is 6.25. The number of fused-ring (bicyclic) bond motifs is 3. The molecule has 0 amide bonds. The van der Waals surface area contributed by atoms with Gasteiger partial charge in [-0.05, 0) is 41.5 Å². The van der Waals surface area contributed by atoms with Gasteiger partial charge in [0, 0.05) is 5.92 Å². The summed E-state index contributed by atoms with van der Waals surface area (Å²) < 4.78 is 28.6. The zero-order valence-electron chi connectivity index (χ0n) is 13.8. The van der Waals surface area contributed by atoms with Gasteiger partial charge in [0.05, 0.1) is 12.4 Å². The van der Waals surface area contributed by atoms with Crippen LogP contribution in [0, 0.1) is 0 Å². The predicted molar refractivity (Wildman–Crippen MR) is 97.5 cm³/mol. The van der Waals surface area contributed by atoms with Gasteiger partial charge >= 0.3 is 0 Å². The molecule has 4 heteroatoms. The minimum Gasteiger partial charge on any atom is -0.267 e. The minimum atomic E-state index is -3.48. The highest BCUT2D eigenvalue weighted by atomic mass is 32.2. The fourth-order valence-corrected chi connectivity index (χ4v) is 4.20. The topological polar surface area (TPSA) is 43.4 Å². The quantitative estimate of drug-likeness (QED) is 0.549. The second-order valence-corrected chi connectivity index (χ2v) is 7.85. The van der Waals surface area contributed by atoms with Gasteiger partial charge < -0.3 is 0 Å². The average molecular weight is 342 g/mol. The third-order valence-electron chi connectivity index (χ3n) is 4.46. The largest absolute Gasteiger partial charge is 0.267 e. The SMILES string of the molecule is C=CCC[C@@H](CC1c2ccccc2-c2ccccc21)OS(C)(=O)=O. The molecule has 0 heterocycles. The first-order chi connectivity index (χ1) is 11.5. The zero-order chi connectivity index (χ0) is 17.2. The highest BCUT2D eigenvalue weighted by Crippen LogP contribution is 2.47. The number of hydrogen-bond acceptors (Lipinski definition) is 3. The van der Waals surface area contributed by atoms with Crippen LogP contribution < -0.4 is 0 Å². The lowest BCUT2D eigenvalue weighted by Gasteiger charge is -2.21. The summed E-state index contributed by atoms with van der Waals surface area (Å²) in [6, 6.07) is 16.7. The summed E-state index contributed by atoms with van der Waals surface area (Å²) in [7, 11) is -3.48. The van der Waals surface area contributed by atoms with Crippen molar-refractivity contribution in [1.82, 2.24) is 0 Å². The van der Waals surface area contributed by atoms with Crippen LogP contribution >= 0.6 is 0 Å². The maximum absolute atomic E-state index is 11.6. The maximum atomic E-state index is 11.6. The van der Waals surface area contributed by atoms with Crippen molar-refractivity contribution in [2.45, 2.75) is 31.3 Å². The van der Waals surface area contributed by atoms with Crippen LogP contribution in [0.15, 0.2) is 61.2 Å². The molecule has 0 N–H and O–H groups in total. The molecule has 0 unspecified atom stereocenters. The number of hydrogen-bond donors (Lipinski definition) is 0. The van der Waals surface area contributed by atoms with E-state index >= 15 is 0 Å². The highest BCUT2D eigenvalue weighted by Gasteiger charge is 2.31. The number of rotatable bonds is 7. The Labute approximate surface area is 144 Å². The molecule has 0 aromatic heterocycles. The molecule has 2 aromatic carbocycles. The van der Waals surface area contributed by atoms with Crippen LogP contribution in [0.3, 0.4) is 0 Å². The molecule has 0 bridgehead atoms. The molecule has 24 heavy (non-hydrogen) atoms. The zero-order valence-corrected chi connectivity index (χ0v) is 14.6. The van der Waals surface area contributed by atoms with Crippen LogP contribution in [0.25, 0.3) is 11.1 Å². The van der Waals surface area contributed by atoms with E-state index in [1.165, 1.54) is 22.3 Å². The number of benzene rings is 2. The molecule has 1 aliphatic rings. The van der Waals surface area contributed by atoms with Gasteiger partial charge in [-0.1, -0.05) is 54.6 Å². The minimum absolute atomic E-state index is 0.161. The van der Waals surface area contributed by atoms with E-state index in [4.69, 9.17) is 4.18 Å². The molecular weight excluding hydrogens is 320 g/mol. The van der Waals surface area contributed by atoms with Gasteiger partial charge in [-0.3, -0.25) is 4.18 Å². The van der Waals surface area contributed by atoms with Gasteiger partial charge in [-0.25, -0.2) is 0 Å². The van der Waals surface area contributed by atoms with Crippen molar-refractivity contribution in [2.75, 3.05) is 6.26 Å². The first-order valence-electron chi connectivity index (χ1n) is 8.17. The Hall–Kier alpha value is -1.91. The first-order valence-corrected chi connectivity index (χ1v) is 9.98. The second kappa shape index (κ2) is 6.91. The molecule has 0 saturated heterocycles. The maximum Gasteiger partial charge on any atom is 0.264 e. The van der Waals surface area contributed by atoms with Crippen LogP contribution in [0.1, 0.15) is 36.3 Å². The molecule has 0 radical (unpaired) electrons. The Morgan fingerprint density at radius 3 is 2.12 bits per heavy atom. The van der Waals surface area contributed by atoms with Crippen LogP contribution in [-0.4, -0.2) is 20.8 Å². The van der Waals surface area contributed by atoms with Gasteiger partial charge in [0.25, 0.3) is 10.1 Å². The van der Waals surface area contributed by atoms with Crippen molar-refractivity contribution in [3.8, 4) is 11.1 Å².